The molecule has 0 aliphatic carbocycles. The lowest BCUT2D eigenvalue weighted by atomic mass is 10.2. The Kier molecular flexibility index (Phi) is 4.07. The van der Waals surface area contributed by atoms with Gasteiger partial charge in [-0.3, -0.25) is 14.3 Å². The van der Waals surface area contributed by atoms with Gasteiger partial charge < -0.3 is 4.74 Å². The number of ether oxygens (including phenoxy) is 1. The van der Waals surface area contributed by atoms with Crippen molar-refractivity contribution >= 4 is 0 Å². The van der Waals surface area contributed by atoms with Crippen LogP contribution < -0.4 is 0 Å². The van der Waals surface area contributed by atoms with E-state index in [4.69, 9.17) is 4.74 Å². The summed E-state index contributed by atoms with van der Waals surface area (Å²) in [6.45, 7) is 8.57. The largest absolute Gasteiger partial charge is 0.374 e. The van der Waals surface area contributed by atoms with Crippen molar-refractivity contribution in [3.8, 4) is 0 Å². The van der Waals surface area contributed by atoms with Crippen molar-refractivity contribution in [2.75, 3.05) is 19.7 Å². The van der Waals surface area contributed by atoms with Crippen molar-refractivity contribution < 1.29 is 4.74 Å². The van der Waals surface area contributed by atoms with Crippen LogP contribution in [0.3, 0.4) is 0 Å². The average Bonchev–Trinajstić information content (AvgIpc) is 2.96. The lowest BCUT2D eigenvalue weighted by Gasteiger charge is -2.32. The molecule has 1 atom stereocenters. The summed E-state index contributed by atoms with van der Waals surface area (Å²) < 4.78 is 9.80. The minimum Gasteiger partial charge on any atom is -0.374 e. The molecular formula is C15H23N5O. The highest BCUT2D eigenvalue weighted by molar-refractivity contribution is 5.07. The van der Waals surface area contributed by atoms with E-state index >= 15 is 0 Å². The smallest absolute Gasteiger partial charge is 0.0898 e. The molecule has 21 heavy (non-hydrogen) atoms. The maximum Gasteiger partial charge on any atom is 0.0898 e. The van der Waals surface area contributed by atoms with Gasteiger partial charge in [-0.1, -0.05) is 0 Å². The monoisotopic (exact) mass is 289 g/mol. The quantitative estimate of drug-likeness (QED) is 0.847. The number of morpholine rings is 1. The molecule has 0 spiro atoms. The molecule has 0 amide bonds. The number of rotatable bonds is 4. The second-order valence-electron chi connectivity index (χ2n) is 5.86. The van der Waals surface area contributed by atoms with Gasteiger partial charge in [-0.05, 0) is 19.9 Å². The molecule has 1 aliphatic heterocycles. The number of nitrogens with zero attached hydrogens (tertiary/aromatic N) is 5. The molecule has 0 N–H and O–H groups in total. The first-order valence-corrected chi connectivity index (χ1v) is 7.42. The number of aryl methyl sites for hydroxylation is 3. The van der Waals surface area contributed by atoms with Crippen LogP contribution in [0.25, 0.3) is 0 Å². The molecule has 0 aromatic carbocycles. The Morgan fingerprint density at radius 3 is 2.90 bits per heavy atom. The standard InChI is InChI=1S/C15H23N5O/c1-12-6-13(2)20(17-12)11-15-10-19(4-5-21-15)9-14-7-16-18(3)8-14/h6-8,15H,4-5,9-11H2,1-3H3/t15-/m0/s1. The van der Waals surface area contributed by atoms with E-state index in [9.17, 15) is 0 Å². The molecule has 0 unspecified atom stereocenters. The molecular weight excluding hydrogens is 266 g/mol. The second-order valence-corrected chi connectivity index (χ2v) is 5.86. The zero-order valence-electron chi connectivity index (χ0n) is 13.0. The SMILES string of the molecule is Cc1cc(C)n(C[C@@H]2CN(Cc3cnn(C)c3)CCO2)n1. The van der Waals surface area contributed by atoms with Gasteiger partial charge in [0.1, 0.15) is 0 Å². The number of aromatic nitrogens is 4. The molecule has 2 aromatic rings. The van der Waals surface area contributed by atoms with E-state index in [1.807, 2.05) is 29.5 Å². The van der Waals surface area contributed by atoms with Gasteiger partial charge in [0.15, 0.2) is 0 Å². The highest BCUT2D eigenvalue weighted by Crippen LogP contribution is 2.12. The Morgan fingerprint density at radius 1 is 1.38 bits per heavy atom. The van der Waals surface area contributed by atoms with Crippen molar-refractivity contribution in [2.45, 2.75) is 33.0 Å². The highest BCUT2D eigenvalue weighted by Gasteiger charge is 2.22. The zero-order valence-corrected chi connectivity index (χ0v) is 13.0. The van der Waals surface area contributed by atoms with Gasteiger partial charge >= 0.3 is 0 Å². The molecule has 0 saturated carbocycles. The van der Waals surface area contributed by atoms with Gasteiger partial charge in [-0.15, -0.1) is 0 Å². The lowest BCUT2D eigenvalue weighted by molar-refractivity contribution is -0.0405. The Morgan fingerprint density at radius 2 is 2.24 bits per heavy atom. The summed E-state index contributed by atoms with van der Waals surface area (Å²) in [6, 6.07) is 2.11. The predicted octanol–water partition coefficient (Wildman–Crippen LogP) is 1.13. The first kappa shape index (κ1) is 14.3. The highest BCUT2D eigenvalue weighted by atomic mass is 16.5. The first-order valence-electron chi connectivity index (χ1n) is 7.42. The Balaban J connectivity index is 1.59. The maximum absolute atomic E-state index is 5.90. The van der Waals surface area contributed by atoms with Gasteiger partial charge in [0, 0.05) is 44.1 Å². The Hall–Kier alpha value is -1.66. The van der Waals surface area contributed by atoms with Gasteiger partial charge in [0.05, 0.1) is 31.1 Å². The molecule has 114 valence electrons. The van der Waals surface area contributed by atoms with Crippen LogP contribution in [0, 0.1) is 13.8 Å². The van der Waals surface area contributed by atoms with Crippen molar-refractivity contribution in [1.29, 1.82) is 0 Å². The normalized spacial score (nSPS) is 20.0. The summed E-state index contributed by atoms with van der Waals surface area (Å²) in [5.74, 6) is 0. The molecule has 1 saturated heterocycles. The molecule has 2 aromatic heterocycles. The van der Waals surface area contributed by atoms with E-state index in [0.717, 1.165) is 38.5 Å². The summed E-state index contributed by atoms with van der Waals surface area (Å²) in [6.07, 6.45) is 4.21. The number of hydrogen-bond donors (Lipinski definition) is 0. The average molecular weight is 289 g/mol. The van der Waals surface area contributed by atoms with Crippen molar-refractivity contribution in [2.24, 2.45) is 7.05 Å². The summed E-state index contributed by atoms with van der Waals surface area (Å²) in [5.41, 5.74) is 3.51. The third-order valence-corrected chi connectivity index (χ3v) is 3.87. The van der Waals surface area contributed by atoms with Crippen LogP contribution in [0.5, 0.6) is 0 Å². The number of hydrogen-bond acceptors (Lipinski definition) is 4. The van der Waals surface area contributed by atoms with Crippen molar-refractivity contribution in [3.05, 3.63) is 35.4 Å². The van der Waals surface area contributed by atoms with Crippen molar-refractivity contribution in [1.82, 2.24) is 24.5 Å². The van der Waals surface area contributed by atoms with Gasteiger partial charge in [-0.2, -0.15) is 10.2 Å². The molecule has 3 rings (SSSR count). The van der Waals surface area contributed by atoms with Crippen molar-refractivity contribution in [3.63, 3.8) is 0 Å². The third-order valence-electron chi connectivity index (χ3n) is 3.87. The van der Waals surface area contributed by atoms with Crippen LogP contribution in [0.15, 0.2) is 18.5 Å². The Bertz CT molecular complexity index is 603. The second kappa shape index (κ2) is 5.99. The molecule has 1 aliphatic rings. The van der Waals surface area contributed by atoms with E-state index < -0.39 is 0 Å². The summed E-state index contributed by atoms with van der Waals surface area (Å²) >= 11 is 0. The molecule has 6 nitrogen and oxygen atoms in total. The molecule has 6 heteroatoms. The molecule has 3 heterocycles. The van der Waals surface area contributed by atoms with E-state index in [0.29, 0.717) is 0 Å². The molecule has 0 radical (unpaired) electrons. The topological polar surface area (TPSA) is 48.1 Å². The molecule has 1 fully saturated rings. The minimum atomic E-state index is 0.202. The predicted molar refractivity (Wildman–Crippen MR) is 79.9 cm³/mol. The van der Waals surface area contributed by atoms with Crippen LogP contribution >= 0.6 is 0 Å². The van der Waals surface area contributed by atoms with Crippen LogP contribution in [-0.2, 0) is 24.9 Å². The summed E-state index contributed by atoms with van der Waals surface area (Å²) in [4.78, 5) is 2.43. The third kappa shape index (κ3) is 3.51. The van der Waals surface area contributed by atoms with Crippen LogP contribution in [-0.4, -0.2) is 50.3 Å². The fraction of sp³-hybridized carbons (Fsp3) is 0.600. The van der Waals surface area contributed by atoms with E-state index in [-0.39, 0.29) is 6.10 Å². The van der Waals surface area contributed by atoms with Crippen LogP contribution in [0.4, 0.5) is 0 Å². The summed E-state index contributed by atoms with van der Waals surface area (Å²) in [7, 11) is 1.95. The van der Waals surface area contributed by atoms with Gasteiger partial charge in [0.2, 0.25) is 0 Å². The van der Waals surface area contributed by atoms with E-state index in [1.54, 1.807) is 0 Å². The van der Waals surface area contributed by atoms with Gasteiger partial charge in [0.25, 0.3) is 0 Å². The molecule has 0 bridgehead atoms. The zero-order chi connectivity index (χ0) is 14.8. The van der Waals surface area contributed by atoms with Crippen LogP contribution in [0.1, 0.15) is 17.0 Å². The fourth-order valence-electron chi connectivity index (χ4n) is 2.90. The first-order chi connectivity index (χ1) is 10.1. The minimum absolute atomic E-state index is 0.202. The maximum atomic E-state index is 5.90. The van der Waals surface area contributed by atoms with E-state index in [2.05, 4.69) is 34.3 Å². The fourth-order valence-corrected chi connectivity index (χ4v) is 2.90. The van der Waals surface area contributed by atoms with Crippen LogP contribution in [0.2, 0.25) is 0 Å². The Labute approximate surface area is 125 Å². The lowest BCUT2D eigenvalue weighted by Crippen LogP contribution is -2.43. The summed E-state index contributed by atoms with van der Waals surface area (Å²) in [5, 5.41) is 8.75. The van der Waals surface area contributed by atoms with Gasteiger partial charge in [-0.25, -0.2) is 0 Å². The van der Waals surface area contributed by atoms with E-state index in [1.165, 1.54) is 11.3 Å².